The third-order valence-electron chi connectivity index (χ3n) is 5.99. The van der Waals surface area contributed by atoms with E-state index >= 15 is 0 Å². The second kappa shape index (κ2) is 9.37. The number of likely N-dealkylation sites (tertiary alicyclic amines) is 1. The van der Waals surface area contributed by atoms with Gasteiger partial charge in [0, 0.05) is 26.1 Å². The maximum atomic E-state index is 12.3. The Hall–Kier alpha value is -1.14. The van der Waals surface area contributed by atoms with Crippen LogP contribution in [0.5, 0.6) is 0 Å². The number of carboxylic acid groups (broad SMARTS) is 1. The molecule has 2 saturated carbocycles. The number of ether oxygens (including phenoxy) is 1. The van der Waals surface area contributed by atoms with Crippen molar-refractivity contribution in [2.45, 2.75) is 44.9 Å². The summed E-state index contributed by atoms with van der Waals surface area (Å²) in [6, 6.07) is 0. The van der Waals surface area contributed by atoms with Gasteiger partial charge in [0.25, 0.3) is 6.47 Å². The van der Waals surface area contributed by atoms with Crippen LogP contribution in [0.15, 0.2) is 0 Å². The van der Waals surface area contributed by atoms with E-state index in [4.69, 9.17) is 14.6 Å². The zero-order valence-corrected chi connectivity index (χ0v) is 14.8. The fourth-order valence-electron chi connectivity index (χ4n) is 4.35. The third kappa shape index (κ3) is 5.18. The maximum Gasteiger partial charge on any atom is 0.290 e. The first kappa shape index (κ1) is 19.2. The summed E-state index contributed by atoms with van der Waals surface area (Å²) in [6.07, 6.45) is 8.84. The Kier molecular flexibility index (Phi) is 7.49. The van der Waals surface area contributed by atoms with Crippen LogP contribution in [0.2, 0.25) is 0 Å². The summed E-state index contributed by atoms with van der Waals surface area (Å²) >= 11 is 0. The third-order valence-corrected chi connectivity index (χ3v) is 5.99. The highest BCUT2D eigenvalue weighted by Gasteiger charge is 2.58. The Morgan fingerprint density at radius 3 is 2.54 bits per heavy atom. The molecule has 1 aliphatic heterocycles. The molecule has 3 aliphatic rings. The molecule has 2 N–H and O–H groups in total. The largest absolute Gasteiger partial charge is 0.483 e. The molecular weight excluding hydrogens is 308 g/mol. The summed E-state index contributed by atoms with van der Waals surface area (Å²) in [6.45, 7) is 4.81. The number of rotatable bonds is 6. The molecule has 3 fully saturated rings. The lowest BCUT2D eigenvalue weighted by atomic mass is 9.96. The Morgan fingerprint density at radius 1 is 1.33 bits per heavy atom. The van der Waals surface area contributed by atoms with Crippen LogP contribution in [0.4, 0.5) is 0 Å². The number of hydrogen-bond donors (Lipinski definition) is 2. The number of piperidine rings is 1. The van der Waals surface area contributed by atoms with Crippen molar-refractivity contribution in [2.24, 2.45) is 17.3 Å². The minimum atomic E-state index is -0.250. The number of methoxy groups -OCH3 is 1. The van der Waals surface area contributed by atoms with Gasteiger partial charge in [-0.1, -0.05) is 12.8 Å². The van der Waals surface area contributed by atoms with Crippen LogP contribution in [0.3, 0.4) is 0 Å². The zero-order chi connectivity index (χ0) is 17.4. The van der Waals surface area contributed by atoms with Crippen molar-refractivity contribution in [3.63, 3.8) is 0 Å². The lowest BCUT2D eigenvalue weighted by Crippen LogP contribution is -2.40. The molecule has 1 unspecified atom stereocenters. The van der Waals surface area contributed by atoms with E-state index in [1.165, 1.54) is 38.5 Å². The van der Waals surface area contributed by atoms with Gasteiger partial charge in [-0.3, -0.25) is 9.59 Å². The average molecular weight is 340 g/mol. The molecule has 0 aromatic carbocycles. The molecule has 1 saturated heterocycles. The van der Waals surface area contributed by atoms with Gasteiger partial charge >= 0.3 is 0 Å². The summed E-state index contributed by atoms with van der Waals surface area (Å²) in [5.74, 6) is 1.37. The van der Waals surface area contributed by atoms with Gasteiger partial charge in [-0.2, -0.15) is 0 Å². The molecule has 0 bridgehead atoms. The summed E-state index contributed by atoms with van der Waals surface area (Å²) in [5.41, 5.74) is 0.438. The van der Waals surface area contributed by atoms with Crippen LogP contribution in [-0.2, 0) is 14.3 Å². The van der Waals surface area contributed by atoms with Crippen molar-refractivity contribution in [3.8, 4) is 0 Å². The van der Waals surface area contributed by atoms with Crippen LogP contribution >= 0.6 is 0 Å². The zero-order valence-electron chi connectivity index (χ0n) is 14.8. The van der Waals surface area contributed by atoms with E-state index in [0.717, 1.165) is 39.2 Å². The predicted octanol–water partition coefficient (Wildman–Crippen LogP) is 1.74. The van der Waals surface area contributed by atoms with Gasteiger partial charge in [-0.25, -0.2) is 0 Å². The van der Waals surface area contributed by atoms with E-state index in [0.29, 0.717) is 23.2 Å². The molecule has 2 aliphatic carbocycles. The number of carbonyl (C=O) groups is 2. The first-order valence-electron chi connectivity index (χ1n) is 9.22. The second-order valence-corrected chi connectivity index (χ2v) is 7.45. The molecule has 0 aromatic rings. The lowest BCUT2D eigenvalue weighted by molar-refractivity contribution is -0.124. The van der Waals surface area contributed by atoms with E-state index < -0.39 is 0 Å². The minimum Gasteiger partial charge on any atom is -0.483 e. The van der Waals surface area contributed by atoms with Crippen molar-refractivity contribution in [2.75, 3.05) is 39.9 Å². The molecule has 6 nitrogen and oxygen atoms in total. The van der Waals surface area contributed by atoms with Crippen LogP contribution in [0, 0.1) is 17.3 Å². The molecule has 3 rings (SSSR count). The van der Waals surface area contributed by atoms with E-state index in [2.05, 4.69) is 10.2 Å². The van der Waals surface area contributed by atoms with E-state index in [1.54, 1.807) is 7.11 Å². The van der Waals surface area contributed by atoms with Gasteiger partial charge in [-0.15, -0.1) is 0 Å². The smallest absolute Gasteiger partial charge is 0.290 e. The van der Waals surface area contributed by atoms with Crippen LogP contribution < -0.4 is 5.32 Å². The Morgan fingerprint density at radius 2 is 1.96 bits per heavy atom. The van der Waals surface area contributed by atoms with E-state index in [-0.39, 0.29) is 6.47 Å². The van der Waals surface area contributed by atoms with E-state index in [9.17, 15) is 4.79 Å². The summed E-state index contributed by atoms with van der Waals surface area (Å²) in [7, 11) is 1.76. The SMILES string of the molecule is COCCN1CCC(CNC(=O)C2CC23CCCC3)CC1.O=CO. The summed E-state index contributed by atoms with van der Waals surface area (Å²) in [4.78, 5) is 23.1. The quantitative estimate of drug-likeness (QED) is 0.720. The summed E-state index contributed by atoms with van der Waals surface area (Å²) < 4.78 is 5.13. The first-order valence-corrected chi connectivity index (χ1v) is 9.22. The Bertz CT molecular complexity index is 402. The number of hydrogen-bond acceptors (Lipinski definition) is 4. The summed E-state index contributed by atoms with van der Waals surface area (Å²) in [5, 5.41) is 10.1. The van der Waals surface area contributed by atoms with Crippen LogP contribution in [0.1, 0.15) is 44.9 Å². The molecule has 138 valence electrons. The molecule has 0 radical (unpaired) electrons. The Balaban J connectivity index is 0.000000647. The highest BCUT2D eigenvalue weighted by molar-refractivity contribution is 5.82. The lowest BCUT2D eigenvalue weighted by Gasteiger charge is -2.31. The van der Waals surface area contributed by atoms with Crippen molar-refractivity contribution in [3.05, 3.63) is 0 Å². The van der Waals surface area contributed by atoms with Crippen molar-refractivity contribution >= 4 is 12.4 Å². The van der Waals surface area contributed by atoms with Gasteiger partial charge in [0.2, 0.25) is 5.91 Å². The average Bonchev–Trinajstić information content (AvgIpc) is 3.09. The molecule has 1 amide bonds. The fourth-order valence-corrected chi connectivity index (χ4v) is 4.35. The molecule has 0 aromatic heterocycles. The van der Waals surface area contributed by atoms with E-state index in [1.807, 2.05) is 0 Å². The van der Waals surface area contributed by atoms with Gasteiger partial charge in [0.05, 0.1) is 6.61 Å². The number of amides is 1. The molecule has 1 spiro atoms. The molecule has 1 heterocycles. The predicted molar refractivity (Wildman–Crippen MR) is 91.8 cm³/mol. The topological polar surface area (TPSA) is 78.9 Å². The van der Waals surface area contributed by atoms with Crippen molar-refractivity contribution in [1.29, 1.82) is 0 Å². The number of carbonyl (C=O) groups excluding carboxylic acids is 1. The van der Waals surface area contributed by atoms with Gasteiger partial charge in [-0.05, 0) is 56.5 Å². The molecular formula is C18H32N2O4. The first-order chi connectivity index (χ1) is 11.6. The Labute approximate surface area is 144 Å². The second-order valence-electron chi connectivity index (χ2n) is 7.45. The number of nitrogens with zero attached hydrogens (tertiary/aromatic N) is 1. The fraction of sp³-hybridized carbons (Fsp3) is 0.889. The maximum absolute atomic E-state index is 12.3. The number of nitrogens with one attached hydrogen (secondary N) is 1. The van der Waals surface area contributed by atoms with Crippen LogP contribution in [-0.4, -0.2) is 62.3 Å². The standard InChI is InChI=1S/C17H30N2O2.CH2O2/c1-21-11-10-19-8-4-14(5-9-19)13-18-16(20)15-12-17(15)6-2-3-7-17;2-1-3/h14-15H,2-13H2,1H3,(H,18,20);1H,(H,2,3). The molecule has 6 heteroatoms. The monoisotopic (exact) mass is 340 g/mol. The van der Waals surface area contributed by atoms with Gasteiger partial charge in [0.1, 0.15) is 0 Å². The highest BCUT2D eigenvalue weighted by Crippen LogP contribution is 2.62. The molecule has 24 heavy (non-hydrogen) atoms. The molecule has 1 atom stereocenters. The van der Waals surface area contributed by atoms with Crippen molar-refractivity contribution in [1.82, 2.24) is 10.2 Å². The minimum absolute atomic E-state index is 0.250. The normalized spacial score (nSPS) is 25.8. The van der Waals surface area contributed by atoms with Gasteiger partial charge < -0.3 is 20.1 Å². The van der Waals surface area contributed by atoms with Crippen molar-refractivity contribution < 1.29 is 19.4 Å². The highest BCUT2D eigenvalue weighted by atomic mass is 16.5. The van der Waals surface area contributed by atoms with Gasteiger partial charge in [0.15, 0.2) is 0 Å². The van der Waals surface area contributed by atoms with Crippen LogP contribution in [0.25, 0.3) is 0 Å².